The molecule has 0 aromatic heterocycles. The Morgan fingerprint density at radius 1 is 1.21 bits per heavy atom. The lowest BCUT2D eigenvalue weighted by atomic mass is 9.73. The Morgan fingerprint density at radius 3 is 2.62 bits per heavy atom. The second kappa shape index (κ2) is 10.8. The van der Waals surface area contributed by atoms with Gasteiger partial charge in [0.05, 0.1) is 18.6 Å². The average molecular weight is 405 g/mol. The number of hydrogen-bond donors (Lipinski definition) is 3. The molecular weight excluding hydrogens is 364 g/mol. The number of carbonyl (C=O) groups is 1. The molecule has 4 nitrogen and oxygen atoms in total. The van der Waals surface area contributed by atoms with Gasteiger partial charge in [-0.05, 0) is 68.6 Å². The van der Waals surface area contributed by atoms with Gasteiger partial charge in [0.15, 0.2) is 0 Å². The summed E-state index contributed by atoms with van der Waals surface area (Å²) in [6.07, 6.45) is 17.4. The van der Waals surface area contributed by atoms with Crippen LogP contribution in [-0.4, -0.2) is 34.0 Å². The summed E-state index contributed by atoms with van der Waals surface area (Å²) in [6.45, 7) is 2.27. The summed E-state index contributed by atoms with van der Waals surface area (Å²) >= 11 is 0. The van der Waals surface area contributed by atoms with Gasteiger partial charge >= 0.3 is 5.97 Å². The van der Waals surface area contributed by atoms with Gasteiger partial charge in [0.1, 0.15) is 0 Å². The molecule has 3 N–H and O–H groups in total. The van der Waals surface area contributed by atoms with E-state index < -0.39 is 5.97 Å². The molecule has 5 atom stereocenters. The Bertz CT molecular complexity index is 588. The van der Waals surface area contributed by atoms with E-state index in [9.17, 15) is 15.0 Å². The fraction of sp³-hybridized carbons (Fsp3) is 0.800. The standard InChI is InChI=1S/C25H40O4/c1-2-5-17-9-11-19(12-10-17)21(25(28)29)7-3-6-18-14-20-16-24(27)22(8-4-13-26)23(20)15-18/h4,6,8,17,19-24,26-27H,2-3,5,7,9-16H2,1H3,(H,28,29)/t17?,19?,20-,21?,22-,23+,24-/m1/s1. The minimum Gasteiger partial charge on any atom is -0.481 e. The number of allylic oxidation sites excluding steroid dienone is 2. The minimum absolute atomic E-state index is 0.0280. The summed E-state index contributed by atoms with van der Waals surface area (Å²) in [6, 6.07) is 0. The highest BCUT2D eigenvalue weighted by Gasteiger charge is 2.44. The number of hydrogen-bond acceptors (Lipinski definition) is 3. The average Bonchev–Trinajstić information content (AvgIpc) is 3.21. The van der Waals surface area contributed by atoms with Gasteiger partial charge in [0, 0.05) is 5.92 Å². The molecule has 0 aromatic carbocycles. The van der Waals surface area contributed by atoms with Crippen molar-refractivity contribution >= 4 is 5.97 Å². The fourth-order valence-corrected chi connectivity index (χ4v) is 6.47. The van der Waals surface area contributed by atoms with E-state index in [1.54, 1.807) is 6.08 Å². The van der Waals surface area contributed by atoms with Crippen molar-refractivity contribution in [2.45, 2.75) is 83.7 Å². The number of carboxylic acid groups (broad SMARTS) is 1. The molecule has 3 fully saturated rings. The third-order valence-electron chi connectivity index (χ3n) is 7.96. The van der Waals surface area contributed by atoms with Crippen LogP contribution in [0.4, 0.5) is 0 Å². The lowest BCUT2D eigenvalue weighted by Crippen LogP contribution is -2.27. The van der Waals surface area contributed by atoms with Crippen molar-refractivity contribution in [2.24, 2.45) is 35.5 Å². The van der Waals surface area contributed by atoms with Gasteiger partial charge < -0.3 is 15.3 Å². The van der Waals surface area contributed by atoms with Crippen molar-refractivity contribution in [3.8, 4) is 0 Å². The van der Waals surface area contributed by atoms with Crippen molar-refractivity contribution < 1.29 is 20.1 Å². The van der Waals surface area contributed by atoms with E-state index in [1.807, 2.05) is 6.08 Å². The molecule has 0 bridgehead atoms. The highest BCUT2D eigenvalue weighted by atomic mass is 16.4. The molecule has 3 aliphatic carbocycles. The Hall–Kier alpha value is -1.13. The zero-order valence-corrected chi connectivity index (χ0v) is 18.0. The Kier molecular flexibility index (Phi) is 8.37. The minimum atomic E-state index is -0.608. The maximum absolute atomic E-state index is 11.9. The Morgan fingerprint density at radius 2 is 1.97 bits per heavy atom. The summed E-state index contributed by atoms with van der Waals surface area (Å²) in [4.78, 5) is 11.9. The Labute approximate surface area is 176 Å². The van der Waals surface area contributed by atoms with E-state index in [0.717, 1.165) is 50.9 Å². The number of fused-ring (bicyclic) bond motifs is 1. The molecule has 0 heterocycles. The topological polar surface area (TPSA) is 77.8 Å². The lowest BCUT2D eigenvalue weighted by Gasteiger charge is -2.32. The number of aliphatic hydroxyl groups is 2. The maximum atomic E-state index is 11.9. The van der Waals surface area contributed by atoms with Gasteiger partial charge in [-0.2, -0.15) is 0 Å². The number of carboxylic acids is 1. The van der Waals surface area contributed by atoms with Crippen LogP contribution in [0, 0.1) is 35.5 Å². The van der Waals surface area contributed by atoms with Crippen LogP contribution in [0.15, 0.2) is 23.8 Å². The first-order valence-corrected chi connectivity index (χ1v) is 11.9. The van der Waals surface area contributed by atoms with Gasteiger partial charge in [0.25, 0.3) is 0 Å². The molecule has 0 radical (unpaired) electrons. The van der Waals surface area contributed by atoms with E-state index in [2.05, 4.69) is 13.0 Å². The molecule has 0 spiro atoms. The monoisotopic (exact) mass is 404 g/mol. The summed E-state index contributed by atoms with van der Waals surface area (Å²) in [5, 5.41) is 29.1. The zero-order valence-electron chi connectivity index (χ0n) is 18.0. The normalized spacial score (nSPS) is 37.3. The third kappa shape index (κ3) is 5.73. The quantitative estimate of drug-likeness (QED) is 0.475. The highest BCUT2D eigenvalue weighted by molar-refractivity contribution is 5.70. The summed E-state index contributed by atoms with van der Waals surface area (Å²) in [5.74, 6) is 1.53. The van der Waals surface area contributed by atoms with Crippen LogP contribution in [0.2, 0.25) is 0 Å². The largest absolute Gasteiger partial charge is 0.481 e. The number of aliphatic hydroxyl groups excluding tert-OH is 2. The van der Waals surface area contributed by atoms with Gasteiger partial charge in [-0.1, -0.05) is 56.4 Å². The van der Waals surface area contributed by atoms with Crippen LogP contribution >= 0.6 is 0 Å². The first-order valence-electron chi connectivity index (χ1n) is 11.9. The van der Waals surface area contributed by atoms with E-state index in [-0.39, 0.29) is 24.5 Å². The van der Waals surface area contributed by atoms with Crippen LogP contribution in [0.25, 0.3) is 0 Å². The van der Waals surface area contributed by atoms with E-state index in [1.165, 1.54) is 31.3 Å². The van der Waals surface area contributed by atoms with Crippen LogP contribution in [0.1, 0.15) is 77.6 Å². The van der Waals surface area contributed by atoms with Crippen molar-refractivity contribution in [3.05, 3.63) is 23.8 Å². The third-order valence-corrected chi connectivity index (χ3v) is 7.96. The van der Waals surface area contributed by atoms with Gasteiger partial charge in [-0.25, -0.2) is 0 Å². The molecule has 1 unspecified atom stereocenters. The van der Waals surface area contributed by atoms with Crippen molar-refractivity contribution in [1.29, 1.82) is 0 Å². The SMILES string of the molecule is CCCC1CCC(C(CCC=C2C[C@@H]3C[C@@H](O)[C@H](C=CCO)[C@H]3C2)C(=O)O)CC1. The predicted octanol–water partition coefficient (Wildman–Crippen LogP) is 4.96. The van der Waals surface area contributed by atoms with Crippen LogP contribution in [0.5, 0.6) is 0 Å². The van der Waals surface area contributed by atoms with E-state index in [0.29, 0.717) is 17.8 Å². The molecule has 164 valence electrons. The maximum Gasteiger partial charge on any atom is 0.306 e. The van der Waals surface area contributed by atoms with E-state index >= 15 is 0 Å². The Balaban J connectivity index is 1.50. The summed E-state index contributed by atoms with van der Waals surface area (Å²) in [5.41, 5.74) is 1.45. The first-order chi connectivity index (χ1) is 14.0. The molecular formula is C25H40O4. The van der Waals surface area contributed by atoms with Gasteiger partial charge in [-0.15, -0.1) is 0 Å². The molecule has 4 heteroatoms. The molecule has 3 aliphatic rings. The van der Waals surface area contributed by atoms with Gasteiger partial charge in [0.2, 0.25) is 0 Å². The van der Waals surface area contributed by atoms with Crippen molar-refractivity contribution in [1.82, 2.24) is 0 Å². The predicted molar refractivity (Wildman–Crippen MR) is 115 cm³/mol. The van der Waals surface area contributed by atoms with Crippen LogP contribution in [-0.2, 0) is 4.79 Å². The second-order valence-electron chi connectivity index (χ2n) is 9.78. The van der Waals surface area contributed by atoms with E-state index in [4.69, 9.17) is 5.11 Å². The summed E-state index contributed by atoms with van der Waals surface area (Å²) in [7, 11) is 0. The first kappa shape index (κ1) is 22.6. The van der Waals surface area contributed by atoms with Gasteiger partial charge in [-0.3, -0.25) is 4.79 Å². The summed E-state index contributed by atoms with van der Waals surface area (Å²) < 4.78 is 0. The second-order valence-corrected chi connectivity index (χ2v) is 9.78. The fourth-order valence-electron chi connectivity index (χ4n) is 6.47. The highest BCUT2D eigenvalue weighted by Crippen LogP contribution is 2.50. The molecule has 0 aliphatic heterocycles. The zero-order chi connectivity index (χ0) is 20.8. The molecule has 0 amide bonds. The van der Waals surface area contributed by atoms with Crippen LogP contribution in [0.3, 0.4) is 0 Å². The number of rotatable bonds is 9. The molecule has 0 saturated heterocycles. The smallest absolute Gasteiger partial charge is 0.306 e. The molecule has 3 rings (SSSR count). The molecule has 0 aromatic rings. The van der Waals surface area contributed by atoms with Crippen molar-refractivity contribution in [3.63, 3.8) is 0 Å². The van der Waals surface area contributed by atoms with Crippen molar-refractivity contribution in [2.75, 3.05) is 6.61 Å². The molecule has 3 saturated carbocycles. The number of aliphatic carboxylic acids is 1. The molecule has 29 heavy (non-hydrogen) atoms. The lowest BCUT2D eigenvalue weighted by molar-refractivity contribution is -0.144. The van der Waals surface area contributed by atoms with Crippen LogP contribution < -0.4 is 0 Å².